The Kier molecular flexibility index (Phi) is 10.4. The van der Waals surface area contributed by atoms with Crippen molar-refractivity contribution in [3.63, 3.8) is 0 Å². The van der Waals surface area contributed by atoms with Gasteiger partial charge in [0.1, 0.15) is 5.82 Å². The van der Waals surface area contributed by atoms with E-state index in [4.69, 9.17) is 22.3 Å². The lowest BCUT2D eigenvalue weighted by atomic mass is 9.92. The fourth-order valence-corrected chi connectivity index (χ4v) is 8.59. The van der Waals surface area contributed by atoms with Gasteiger partial charge in [-0.05, 0) is 99.5 Å². The minimum Gasteiger partial charge on any atom is -0.397 e. The Balaban J connectivity index is 1.15. The molecule has 1 aromatic heterocycles. The summed E-state index contributed by atoms with van der Waals surface area (Å²) in [4.78, 5) is 38.5. The van der Waals surface area contributed by atoms with Crippen molar-refractivity contribution in [1.82, 2.24) is 24.3 Å². The Morgan fingerprint density at radius 2 is 1.79 bits per heavy atom. The molecule has 3 amide bonds. The lowest BCUT2D eigenvalue weighted by molar-refractivity contribution is -0.137. The van der Waals surface area contributed by atoms with Gasteiger partial charge in [0, 0.05) is 56.8 Å². The highest BCUT2D eigenvalue weighted by Gasteiger charge is 2.36. The van der Waals surface area contributed by atoms with Crippen LogP contribution in [0.5, 0.6) is 0 Å². The molecule has 0 saturated carbocycles. The Hall–Kier alpha value is -4.29. The van der Waals surface area contributed by atoms with Gasteiger partial charge in [0.05, 0.1) is 27.3 Å². The SMILES string of the molecule is CN1CCCC(Cn2c(C(CC(=O)N3CCC(N4CCc5ccccc5NC4=O)CC3)Cc3cc(Cl)c(N)c(C(F)(F)F)c3)nc3ccccc32)C1. The number of rotatable bonds is 8. The van der Waals surface area contributed by atoms with Crippen LogP contribution in [0.4, 0.5) is 29.3 Å². The number of piperidine rings is 2. The van der Waals surface area contributed by atoms with E-state index in [1.54, 1.807) is 0 Å². The minimum absolute atomic E-state index is 0.00955. The highest BCUT2D eigenvalue weighted by atomic mass is 35.5. The number of imidazole rings is 1. The molecule has 2 atom stereocenters. The number of fused-ring (bicyclic) bond motifs is 2. The second-order valence-corrected chi connectivity index (χ2v) is 15.0. The predicted octanol–water partition coefficient (Wildman–Crippen LogP) is 7.43. The molecule has 3 N–H and O–H groups in total. The van der Waals surface area contributed by atoms with Gasteiger partial charge in [0.2, 0.25) is 5.91 Å². The summed E-state index contributed by atoms with van der Waals surface area (Å²) in [6, 6.07) is 18.0. The van der Waals surface area contributed by atoms with E-state index in [1.165, 1.54) is 6.07 Å². The van der Waals surface area contributed by atoms with Gasteiger partial charge in [0.15, 0.2) is 0 Å². The van der Waals surface area contributed by atoms with E-state index in [-0.39, 0.29) is 35.8 Å². The van der Waals surface area contributed by atoms with Gasteiger partial charge in [-0.15, -0.1) is 0 Å². The number of nitrogens with zero attached hydrogens (tertiary/aromatic N) is 5. The maximum Gasteiger partial charge on any atom is 0.418 e. The number of likely N-dealkylation sites (tertiary alicyclic amines) is 2. The molecule has 0 spiro atoms. The van der Waals surface area contributed by atoms with Gasteiger partial charge >= 0.3 is 12.2 Å². The number of hydrogen-bond donors (Lipinski definition) is 2. The van der Waals surface area contributed by atoms with Gasteiger partial charge in [-0.1, -0.05) is 41.9 Å². The summed E-state index contributed by atoms with van der Waals surface area (Å²) < 4.78 is 44.3. The number of aromatic nitrogens is 2. The number of nitrogens with two attached hydrogens (primary N) is 1. The van der Waals surface area contributed by atoms with Gasteiger partial charge in [0.25, 0.3) is 0 Å². The van der Waals surface area contributed by atoms with E-state index in [1.807, 2.05) is 58.3 Å². The number of anilines is 2. The van der Waals surface area contributed by atoms with Crippen molar-refractivity contribution in [2.24, 2.45) is 5.92 Å². The molecule has 2 saturated heterocycles. The van der Waals surface area contributed by atoms with Crippen molar-refractivity contribution in [1.29, 1.82) is 0 Å². The van der Waals surface area contributed by atoms with E-state index >= 15 is 0 Å². The number of urea groups is 1. The number of carbonyl (C=O) groups is 2. The van der Waals surface area contributed by atoms with Crippen LogP contribution in [0.1, 0.15) is 60.5 Å². The molecule has 7 rings (SSSR count). The molecule has 3 aliphatic rings. The molecule has 0 radical (unpaired) electrons. The van der Waals surface area contributed by atoms with Gasteiger partial charge in [-0.3, -0.25) is 4.79 Å². The highest BCUT2D eigenvalue weighted by molar-refractivity contribution is 6.33. The Morgan fingerprint density at radius 3 is 2.56 bits per heavy atom. The third kappa shape index (κ3) is 7.73. The van der Waals surface area contributed by atoms with Crippen LogP contribution >= 0.6 is 11.6 Å². The fourth-order valence-electron chi connectivity index (χ4n) is 8.35. The van der Waals surface area contributed by atoms with Crippen LogP contribution in [0.25, 0.3) is 11.0 Å². The predicted molar refractivity (Wildman–Crippen MR) is 197 cm³/mol. The van der Waals surface area contributed by atoms with Gasteiger partial charge < -0.3 is 30.3 Å². The molecule has 0 aliphatic carbocycles. The quantitative estimate of drug-likeness (QED) is 0.184. The van der Waals surface area contributed by atoms with E-state index in [0.717, 1.165) is 60.7 Å². The van der Waals surface area contributed by atoms with Crippen LogP contribution in [-0.4, -0.2) is 82.0 Å². The van der Waals surface area contributed by atoms with Gasteiger partial charge in [-0.2, -0.15) is 13.2 Å². The van der Waals surface area contributed by atoms with Crippen molar-refractivity contribution in [3.8, 4) is 0 Å². The Morgan fingerprint density at radius 1 is 1.04 bits per heavy atom. The average molecular weight is 736 g/mol. The maximum atomic E-state index is 14.2. The smallest absolute Gasteiger partial charge is 0.397 e. The molecule has 276 valence electrons. The topological polar surface area (TPSA) is 99.7 Å². The zero-order valence-electron chi connectivity index (χ0n) is 29.3. The number of benzene rings is 3. The van der Waals surface area contributed by atoms with E-state index in [9.17, 15) is 22.8 Å². The molecule has 9 nitrogen and oxygen atoms in total. The molecule has 4 aromatic rings. The number of hydrogen-bond acceptors (Lipinski definition) is 5. The van der Waals surface area contributed by atoms with Crippen molar-refractivity contribution >= 4 is 45.9 Å². The molecule has 3 aromatic carbocycles. The van der Waals surface area contributed by atoms with Crippen LogP contribution in [0.3, 0.4) is 0 Å². The summed E-state index contributed by atoms with van der Waals surface area (Å²) in [5.41, 5.74) is 8.29. The van der Waals surface area contributed by atoms with Crippen molar-refractivity contribution in [2.75, 3.05) is 50.8 Å². The minimum atomic E-state index is -4.69. The molecular formula is C39H45ClF3N7O2. The molecular weight excluding hydrogens is 691 g/mol. The number of nitrogen functional groups attached to an aromatic ring is 1. The summed E-state index contributed by atoms with van der Waals surface area (Å²) in [5, 5.41) is 2.88. The molecule has 3 aliphatic heterocycles. The normalized spacial score (nSPS) is 19.7. The molecule has 4 heterocycles. The first-order chi connectivity index (χ1) is 24.9. The summed E-state index contributed by atoms with van der Waals surface area (Å²) in [6.07, 6.45) is -0.358. The fraction of sp³-hybridized carbons (Fsp3) is 0.462. The van der Waals surface area contributed by atoms with Crippen LogP contribution in [-0.2, 0) is 30.4 Å². The summed E-state index contributed by atoms with van der Waals surface area (Å²) in [6.45, 7) is 4.20. The first-order valence-corrected chi connectivity index (χ1v) is 18.5. The maximum absolute atomic E-state index is 14.2. The first kappa shape index (κ1) is 36.1. The number of halogens is 4. The van der Waals surface area contributed by atoms with Gasteiger partial charge in [-0.25, -0.2) is 9.78 Å². The Labute approximate surface area is 306 Å². The van der Waals surface area contributed by atoms with E-state index in [0.29, 0.717) is 56.3 Å². The molecule has 2 unspecified atom stereocenters. The number of alkyl halides is 3. The van der Waals surface area contributed by atoms with E-state index in [2.05, 4.69) is 21.8 Å². The second-order valence-electron chi connectivity index (χ2n) is 14.6. The van der Waals surface area contributed by atoms with Crippen LogP contribution < -0.4 is 11.1 Å². The molecule has 13 heteroatoms. The molecule has 52 heavy (non-hydrogen) atoms. The zero-order chi connectivity index (χ0) is 36.6. The number of para-hydroxylation sites is 3. The summed E-state index contributed by atoms with van der Waals surface area (Å²) >= 11 is 6.29. The summed E-state index contributed by atoms with van der Waals surface area (Å²) in [7, 11) is 2.12. The Bertz CT molecular complexity index is 1940. The third-order valence-electron chi connectivity index (χ3n) is 11.0. The largest absolute Gasteiger partial charge is 0.418 e. The monoisotopic (exact) mass is 735 g/mol. The average Bonchev–Trinajstić information content (AvgIpc) is 3.38. The molecule has 0 bridgehead atoms. The number of amides is 3. The van der Waals surface area contributed by atoms with Crippen molar-refractivity contribution in [2.45, 2.75) is 69.6 Å². The lowest BCUT2D eigenvalue weighted by Crippen LogP contribution is -2.50. The molecule has 2 fully saturated rings. The number of carbonyl (C=O) groups excluding carboxylic acids is 2. The van der Waals surface area contributed by atoms with Crippen molar-refractivity contribution in [3.05, 3.63) is 88.2 Å². The highest BCUT2D eigenvalue weighted by Crippen LogP contribution is 2.40. The lowest BCUT2D eigenvalue weighted by Gasteiger charge is -2.38. The number of nitrogens with one attached hydrogen (secondary N) is 1. The summed E-state index contributed by atoms with van der Waals surface area (Å²) in [5.74, 6) is 0.414. The first-order valence-electron chi connectivity index (χ1n) is 18.2. The second kappa shape index (κ2) is 15.0. The van der Waals surface area contributed by atoms with Crippen LogP contribution in [0.2, 0.25) is 5.02 Å². The third-order valence-corrected chi connectivity index (χ3v) is 11.3. The van der Waals surface area contributed by atoms with Crippen LogP contribution in [0.15, 0.2) is 60.7 Å². The van der Waals surface area contributed by atoms with Crippen molar-refractivity contribution < 1.29 is 22.8 Å². The zero-order valence-corrected chi connectivity index (χ0v) is 30.1. The standard InChI is InChI=1S/C39H45ClF3N7O2/c1-47-15-6-7-25(23-47)24-50-34-11-5-4-10-33(34)45-37(50)28(19-26-20-30(39(41,42)43)36(44)31(40)21-26)22-35(51)48-16-13-29(14-17-48)49-18-12-27-8-2-3-9-32(27)46-38(49)52/h2-5,8-11,20-21,25,28-29H,6-7,12-19,22-24,44H2,1H3,(H,46,52). The van der Waals surface area contributed by atoms with Crippen LogP contribution in [0, 0.1) is 5.92 Å². The van der Waals surface area contributed by atoms with E-state index < -0.39 is 23.3 Å².